The number of amides is 1. The summed E-state index contributed by atoms with van der Waals surface area (Å²) in [4.78, 5) is 25.3. The van der Waals surface area contributed by atoms with Crippen molar-refractivity contribution in [3.05, 3.63) is 70.0 Å². The number of aromatic nitrogens is 4. The molecule has 160 valence electrons. The normalized spacial score (nSPS) is 11.5. The molecule has 0 saturated heterocycles. The summed E-state index contributed by atoms with van der Waals surface area (Å²) in [5.41, 5.74) is 3.01. The van der Waals surface area contributed by atoms with Crippen LogP contribution in [0.1, 0.15) is 31.4 Å². The smallest absolute Gasteiger partial charge is 0.262 e. The number of aryl methyl sites for hydroxylation is 2. The number of nitrogens with one attached hydrogen (secondary N) is 1. The Balaban J connectivity index is 1.73. The minimum atomic E-state index is -0.164. The molecule has 0 radical (unpaired) electrons. The van der Waals surface area contributed by atoms with Crippen LogP contribution in [0.15, 0.2) is 58.5 Å². The molecule has 0 fully saturated rings. The highest BCUT2D eigenvalue weighted by Crippen LogP contribution is 2.25. The maximum absolute atomic E-state index is 13.1. The largest absolute Gasteiger partial charge is 0.354 e. The molecule has 7 nitrogen and oxygen atoms in total. The van der Waals surface area contributed by atoms with E-state index in [0.29, 0.717) is 16.3 Å². The fourth-order valence-electron chi connectivity index (χ4n) is 3.59. The van der Waals surface area contributed by atoms with Gasteiger partial charge in [0.05, 0.1) is 10.9 Å². The van der Waals surface area contributed by atoms with E-state index in [1.807, 2.05) is 42.5 Å². The van der Waals surface area contributed by atoms with Crippen molar-refractivity contribution in [2.24, 2.45) is 0 Å². The Bertz CT molecular complexity index is 1310. The maximum Gasteiger partial charge on any atom is 0.262 e. The molecule has 8 heteroatoms. The van der Waals surface area contributed by atoms with Gasteiger partial charge in [-0.3, -0.25) is 18.6 Å². The first-order valence-corrected chi connectivity index (χ1v) is 11.3. The molecule has 31 heavy (non-hydrogen) atoms. The highest BCUT2D eigenvalue weighted by molar-refractivity contribution is 7.98. The molecular formula is C23H25N5O2S. The quantitative estimate of drug-likeness (QED) is 0.449. The second-order valence-electron chi connectivity index (χ2n) is 7.84. The first-order valence-electron chi connectivity index (χ1n) is 10.3. The Morgan fingerprint density at radius 1 is 1.13 bits per heavy atom. The minimum Gasteiger partial charge on any atom is -0.354 e. The number of nitrogens with zero attached hydrogens (tertiary/aromatic N) is 4. The van der Waals surface area contributed by atoms with E-state index in [9.17, 15) is 9.59 Å². The summed E-state index contributed by atoms with van der Waals surface area (Å²) < 4.78 is 3.46. The van der Waals surface area contributed by atoms with Crippen LogP contribution >= 0.6 is 11.8 Å². The van der Waals surface area contributed by atoms with Crippen LogP contribution in [-0.2, 0) is 17.1 Å². The van der Waals surface area contributed by atoms with Crippen molar-refractivity contribution in [3.63, 3.8) is 0 Å². The Morgan fingerprint density at radius 2 is 1.94 bits per heavy atom. The lowest BCUT2D eigenvalue weighted by Crippen LogP contribution is -2.32. The molecule has 0 bridgehead atoms. The van der Waals surface area contributed by atoms with Gasteiger partial charge in [-0.1, -0.05) is 53.7 Å². The Hall–Kier alpha value is -3.13. The van der Waals surface area contributed by atoms with Gasteiger partial charge in [0.15, 0.2) is 5.16 Å². The summed E-state index contributed by atoms with van der Waals surface area (Å²) >= 11 is 1.58. The average Bonchev–Trinajstić information content (AvgIpc) is 3.16. The van der Waals surface area contributed by atoms with Crippen LogP contribution in [0.4, 0.5) is 0 Å². The van der Waals surface area contributed by atoms with E-state index in [4.69, 9.17) is 0 Å². The summed E-state index contributed by atoms with van der Waals surface area (Å²) in [6.45, 7) is 6.14. The SMILES string of the molecule is Cc1cccc(CSc2nnc3n(CCC(=O)NC(C)C)c(=O)c4ccccc4n23)c1. The lowest BCUT2D eigenvalue weighted by Gasteiger charge is -2.12. The number of hydrogen-bond donors (Lipinski definition) is 1. The number of carbonyl (C=O) groups excluding carboxylic acids is 1. The molecule has 0 saturated carbocycles. The van der Waals surface area contributed by atoms with Crippen molar-refractivity contribution in [3.8, 4) is 0 Å². The lowest BCUT2D eigenvalue weighted by atomic mass is 10.2. The fourth-order valence-corrected chi connectivity index (χ4v) is 4.47. The van der Waals surface area contributed by atoms with Crippen LogP contribution in [0.5, 0.6) is 0 Å². The second kappa shape index (κ2) is 8.93. The van der Waals surface area contributed by atoms with Gasteiger partial charge in [0.2, 0.25) is 11.7 Å². The third-order valence-electron chi connectivity index (χ3n) is 4.94. The number of benzene rings is 2. The number of rotatable bonds is 7. The summed E-state index contributed by atoms with van der Waals surface area (Å²) in [5, 5.41) is 12.9. The van der Waals surface area contributed by atoms with E-state index in [0.717, 1.165) is 11.3 Å². The van der Waals surface area contributed by atoms with Crippen LogP contribution in [0.3, 0.4) is 0 Å². The predicted molar refractivity (Wildman–Crippen MR) is 123 cm³/mol. The van der Waals surface area contributed by atoms with Crippen molar-refractivity contribution < 1.29 is 4.79 Å². The Morgan fingerprint density at radius 3 is 2.71 bits per heavy atom. The standard InChI is InChI=1S/C23H25N5O2S/c1-15(2)24-20(29)11-12-27-21(30)18-9-4-5-10-19(18)28-22(27)25-26-23(28)31-14-17-8-6-7-16(3)13-17/h4-10,13,15H,11-12,14H2,1-3H3,(H,24,29). The van der Waals surface area contributed by atoms with E-state index in [1.165, 1.54) is 11.1 Å². The molecule has 0 aliphatic carbocycles. The van der Waals surface area contributed by atoms with Crippen LogP contribution in [-0.4, -0.2) is 31.1 Å². The molecule has 0 aliphatic heterocycles. The highest BCUT2D eigenvalue weighted by atomic mass is 32.2. The molecule has 0 aliphatic rings. The fraction of sp³-hybridized carbons (Fsp3) is 0.304. The van der Waals surface area contributed by atoms with Crippen LogP contribution < -0.4 is 10.9 Å². The van der Waals surface area contributed by atoms with Crippen LogP contribution in [0.2, 0.25) is 0 Å². The van der Waals surface area contributed by atoms with Gasteiger partial charge in [-0.15, -0.1) is 10.2 Å². The molecule has 2 aromatic carbocycles. The molecule has 1 amide bonds. The monoisotopic (exact) mass is 435 g/mol. The van der Waals surface area contributed by atoms with E-state index in [2.05, 4.69) is 40.6 Å². The molecule has 4 rings (SSSR count). The van der Waals surface area contributed by atoms with Gasteiger partial charge in [0.25, 0.3) is 5.56 Å². The summed E-state index contributed by atoms with van der Waals surface area (Å²) in [5.74, 6) is 1.10. The predicted octanol–water partition coefficient (Wildman–Crippen LogP) is 3.56. The first-order chi connectivity index (χ1) is 14.9. The minimum absolute atomic E-state index is 0.0542. The number of carbonyl (C=O) groups is 1. The topological polar surface area (TPSA) is 81.3 Å². The van der Waals surface area contributed by atoms with E-state index in [1.54, 1.807) is 22.4 Å². The summed E-state index contributed by atoms with van der Waals surface area (Å²) in [6.07, 6.45) is 0.199. The molecule has 2 heterocycles. The van der Waals surface area contributed by atoms with Crippen molar-refractivity contribution in [1.29, 1.82) is 0 Å². The molecular weight excluding hydrogens is 410 g/mol. The number of hydrogen-bond acceptors (Lipinski definition) is 5. The summed E-state index contributed by atoms with van der Waals surface area (Å²) in [6, 6.07) is 15.9. The van der Waals surface area contributed by atoms with Gasteiger partial charge in [0.1, 0.15) is 0 Å². The Kier molecular flexibility index (Phi) is 6.08. The van der Waals surface area contributed by atoms with Gasteiger partial charge in [0, 0.05) is 24.8 Å². The molecule has 2 aromatic heterocycles. The molecule has 4 aromatic rings. The van der Waals surface area contributed by atoms with E-state index < -0.39 is 0 Å². The van der Waals surface area contributed by atoms with Gasteiger partial charge in [-0.25, -0.2) is 0 Å². The number of fused-ring (bicyclic) bond motifs is 3. The van der Waals surface area contributed by atoms with Crippen LogP contribution in [0, 0.1) is 6.92 Å². The third kappa shape index (κ3) is 4.49. The van der Waals surface area contributed by atoms with Crippen molar-refractivity contribution in [1.82, 2.24) is 24.5 Å². The third-order valence-corrected chi connectivity index (χ3v) is 5.94. The zero-order valence-corrected chi connectivity index (χ0v) is 18.6. The van der Waals surface area contributed by atoms with Gasteiger partial charge in [-0.2, -0.15) is 0 Å². The van der Waals surface area contributed by atoms with Gasteiger partial charge in [-0.05, 0) is 38.5 Å². The van der Waals surface area contributed by atoms with E-state index >= 15 is 0 Å². The van der Waals surface area contributed by atoms with Crippen molar-refractivity contribution in [2.45, 2.75) is 50.7 Å². The molecule has 0 atom stereocenters. The van der Waals surface area contributed by atoms with Crippen molar-refractivity contribution in [2.75, 3.05) is 0 Å². The lowest BCUT2D eigenvalue weighted by molar-refractivity contribution is -0.121. The zero-order valence-electron chi connectivity index (χ0n) is 17.8. The zero-order chi connectivity index (χ0) is 22.0. The molecule has 1 N–H and O–H groups in total. The maximum atomic E-state index is 13.1. The second-order valence-corrected chi connectivity index (χ2v) is 8.78. The summed E-state index contributed by atoms with van der Waals surface area (Å²) in [7, 11) is 0. The van der Waals surface area contributed by atoms with Crippen LogP contribution in [0.25, 0.3) is 16.7 Å². The average molecular weight is 436 g/mol. The Labute approximate surface area is 184 Å². The first kappa shape index (κ1) is 21.1. The number of para-hydroxylation sites is 1. The van der Waals surface area contributed by atoms with E-state index in [-0.39, 0.29) is 30.5 Å². The number of thioether (sulfide) groups is 1. The van der Waals surface area contributed by atoms with Crippen molar-refractivity contribution >= 4 is 34.3 Å². The highest BCUT2D eigenvalue weighted by Gasteiger charge is 2.17. The van der Waals surface area contributed by atoms with Gasteiger partial charge < -0.3 is 5.32 Å². The molecule has 0 unspecified atom stereocenters. The molecule has 0 spiro atoms. The van der Waals surface area contributed by atoms with Gasteiger partial charge >= 0.3 is 0 Å².